The molecule has 146 valence electrons. The van der Waals surface area contributed by atoms with Crippen LogP contribution in [0.2, 0.25) is 0 Å². The van der Waals surface area contributed by atoms with Crippen LogP contribution in [-0.2, 0) is 17.6 Å². The highest BCUT2D eigenvalue weighted by Gasteiger charge is 2.31. The minimum atomic E-state index is -0.221. The standard InChI is InChI=1S/C21H26N6O/c1-2-7-17-14-19(27-21(24-17)22-15-23-27)25-18-11-13-26(20(18)28)12-6-10-16-8-4-3-5-9-16/h3-5,8-9,14-15,18,25H,2,6-7,10-13H2,1H3/t18-/m1/s1. The number of anilines is 1. The zero-order chi connectivity index (χ0) is 19.3. The van der Waals surface area contributed by atoms with Crippen molar-refractivity contribution in [1.82, 2.24) is 24.5 Å². The van der Waals surface area contributed by atoms with Crippen LogP contribution in [0.5, 0.6) is 0 Å². The summed E-state index contributed by atoms with van der Waals surface area (Å²) in [6.45, 7) is 3.71. The Labute approximate surface area is 164 Å². The first-order chi connectivity index (χ1) is 13.7. The predicted molar refractivity (Wildman–Crippen MR) is 108 cm³/mol. The molecule has 1 atom stereocenters. The van der Waals surface area contributed by atoms with E-state index in [1.165, 1.54) is 11.9 Å². The SMILES string of the molecule is CCCc1cc(N[C@@H]2CCN(CCCc3ccccc3)C2=O)n2ncnc2n1. The van der Waals surface area contributed by atoms with Crippen molar-refractivity contribution in [2.45, 2.75) is 45.1 Å². The Bertz CT molecular complexity index is 938. The summed E-state index contributed by atoms with van der Waals surface area (Å²) >= 11 is 0. The van der Waals surface area contributed by atoms with E-state index in [0.29, 0.717) is 5.78 Å². The molecule has 1 amide bonds. The third kappa shape index (κ3) is 3.98. The maximum atomic E-state index is 12.8. The zero-order valence-corrected chi connectivity index (χ0v) is 16.2. The van der Waals surface area contributed by atoms with Gasteiger partial charge in [0.05, 0.1) is 0 Å². The maximum Gasteiger partial charge on any atom is 0.254 e. The monoisotopic (exact) mass is 378 g/mol. The van der Waals surface area contributed by atoms with Gasteiger partial charge in [-0.2, -0.15) is 14.6 Å². The molecule has 4 rings (SSSR count). The van der Waals surface area contributed by atoms with E-state index in [1.807, 2.05) is 17.0 Å². The Morgan fingerprint density at radius 3 is 2.89 bits per heavy atom. The van der Waals surface area contributed by atoms with Crippen LogP contribution in [0.4, 0.5) is 5.82 Å². The molecule has 0 aliphatic carbocycles. The normalized spacial score (nSPS) is 16.8. The number of benzene rings is 1. The number of carbonyl (C=O) groups excluding carboxylic acids is 1. The van der Waals surface area contributed by atoms with Crippen molar-refractivity contribution in [2.75, 3.05) is 18.4 Å². The molecule has 0 saturated carbocycles. The number of nitrogens with zero attached hydrogens (tertiary/aromatic N) is 5. The summed E-state index contributed by atoms with van der Waals surface area (Å²) in [4.78, 5) is 23.5. The summed E-state index contributed by atoms with van der Waals surface area (Å²) in [5.74, 6) is 1.52. The van der Waals surface area contributed by atoms with Crippen LogP contribution in [0.1, 0.15) is 37.4 Å². The fraction of sp³-hybridized carbons (Fsp3) is 0.429. The van der Waals surface area contributed by atoms with Gasteiger partial charge in [-0.3, -0.25) is 4.79 Å². The molecular weight excluding hydrogens is 352 g/mol. The topological polar surface area (TPSA) is 75.4 Å². The fourth-order valence-corrected chi connectivity index (χ4v) is 3.74. The Morgan fingerprint density at radius 1 is 1.21 bits per heavy atom. The Morgan fingerprint density at radius 2 is 2.07 bits per heavy atom. The van der Waals surface area contributed by atoms with Crippen molar-refractivity contribution in [2.24, 2.45) is 0 Å². The van der Waals surface area contributed by atoms with E-state index in [2.05, 4.69) is 51.6 Å². The quantitative estimate of drug-likeness (QED) is 0.652. The van der Waals surface area contributed by atoms with Crippen molar-refractivity contribution in [3.63, 3.8) is 0 Å². The van der Waals surface area contributed by atoms with E-state index in [4.69, 9.17) is 0 Å². The molecule has 0 radical (unpaired) electrons. The second kappa shape index (κ2) is 8.37. The third-order valence-corrected chi connectivity index (χ3v) is 5.17. The van der Waals surface area contributed by atoms with Gasteiger partial charge in [-0.05, 0) is 31.2 Å². The van der Waals surface area contributed by atoms with Gasteiger partial charge in [-0.15, -0.1) is 0 Å². The van der Waals surface area contributed by atoms with Crippen LogP contribution in [0.25, 0.3) is 5.78 Å². The summed E-state index contributed by atoms with van der Waals surface area (Å²) in [6.07, 6.45) is 6.15. The molecule has 1 aliphatic heterocycles. The van der Waals surface area contributed by atoms with Crippen LogP contribution < -0.4 is 5.32 Å². The van der Waals surface area contributed by atoms with Crippen LogP contribution in [-0.4, -0.2) is 49.5 Å². The largest absolute Gasteiger partial charge is 0.358 e. The summed E-state index contributed by atoms with van der Waals surface area (Å²) in [7, 11) is 0. The highest BCUT2D eigenvalue weighted by molar-refractivity contribution is 5.86. The van der Waals surface area contributed by atoms with E-state index in [0.717, 1.165) is 56.7 Å². The molecule has 3 aromatic rings. The number of hydrogen-bond acceptors (Lipinski definition) is 5. The van der Waals surface area contributed by atoms with Crippen molar-refractivity contribution >= 4 is 17.5 Å². The average molecular weight is 378 g/mol. The van der Waals surface area contributed by atoms with Gasteiger partial charge in [-0.25, -0.2) is 4.98 Å². The number of aromatic nitrogens is 4. The molecule has 0 spiro atoms. The van der Waals surface area contributed by atoms with Gasteiger partial charge in [0.1, 0.15) is 18.2 Å². The van der Waals surface area contributed by atoms with Gasteiger partial charge >= 0.3 is 0 Å². The van der Waals surface area contributed by atoms with Crippen molar-refractivity contribution < 1.29 is 4.79 Å². The van der Waals surface area contributed by atoms with Crippen LogP contribution in [0.15, 0.2) is 42.7 Å². The number of carbonyl (C=O) groups is 1. The van der Waals surface area contributed by atoms with Crippen molar-refractivity contribution in [3.8, 4) is 0 Å². The predicted octanol–water partition coefficient (Wildman–Crippen LogP) is 2.72. The minimum Gasteiger partial charge on any atom is -0.358 e. The maximum absolute atomic E-state index is 12.8. The van der Waals surface area contributed by atoms with Crippen LogP contribution in [0.3, 0.4) is 0 Å². The number of hydrogen-bond donors (Lipinski definition) is 1. The van der Waals surface area contributed by atoms with E-state index in [9.17, 15) is 4.79 Å². The highest BCUT2D eigenvalue weighted by atomic mass is 16.2. The van der Waals surface area contributed by atoms with Crippen molar-refractivity contribution in [3.05, 3.63) is 54.0 Å². The van der Waals surface area contributed by atoms with Gasteiger partial charge in [0.2, 0.25) is 5.91 Å². The van der Waals surface area contributed by atoms with Gasteiger partial charge in [-0.1, -0.05) is 43.7 Å². The number of nitrogens with one attached hydrogen (secondary N) is 1. The molecule has 1 aliphatic rings. The molecule has 7 nitrogen and oxygen atoms in total. The molecule has 3 heterocycles. The van der Waals surface area contributed by atoms with Gasteiger partial charge in [0.25, 0.3) is 5.78 Å². The first-order valence-electron chi connectivity index (χ1n) is 10.0. The fourth-order valence-electron chi connectivity index (χ4n) is 3.74. The molecule has 1 aromatic carbocycles. The van der Waals surface area contributed by atoms with E-state index < -0.39 is 0 Å². The molecule has 2 aromatic heterocycles. The first kappa shape index (κ1) is 18.4. The highest BCUT2D eigenvalue weighted by Crippen LogP contribution is 2.19. The number of amides is 1. The second-order valence-corrected chi connectivity index (χ2v) is 7.25. The Balaban J connectivity index is 1.39. The van der Waals surface area contributed by atoms with E-state index >= 15 is 0 Å². The molecule has 0 unspecified atom stereocenters. The molecule has 0 bridgehead atoms. The van der Waals surface area contributed by atoms with E-state index in [1.54, 1.807) is 4.52 Å². The number of aryl methyl sites for hydroxylation is 2. The molecule has 28 heavy (non-hydrogen) atoms. The summed E-state index contributed by atoms with van der Waals surface area (Å²) in [5, 5.41) is 7.63. The summed E-state index contributed by atoms with van der Waals surface area (Å²) in [5.41, 5.74) is 2.29. The summed E-state index contributed by atoms with van der Waals surface area (Å²) < 4.78 is 1.67. The lowest BCUT2D eigenvalue weighted by Gasteiger charge is -2.18. The van der Waals surface area contributed by atoms with Crippen molar-refractivity contribution in [1.29, 1.82) is 0 Å². The Kier molecular flexibility index (Phi) is 5.50. The lowest BCUT2D eigenvalue weighted by molar-refractivity contribution is -0.128. The molecule has 1 N–H and O–H groups in total. The number of rotatable bonds is 8. The zero-order valence-electron chi connectivity index (χ0n) is 16.2. The molecule has 7 heteroatoms. The molecule has 1 saturated heterocycles. The lowest BCUT2D eigenvalue weighted by atomic mass is 10.1. The first-order valence-corrected chi connectivity index (χ1v) is 10.0. The van der Waals surface area contributed by atoms with Gasteiger partial charge < -0.3 is 10.2 Å². The second-order valence-electron chi connectivity index (χ2n) is 7.25. The molecular formula is C21H26N6O. The number of fused-ring (bicyclic) bond motifs is 1. The van der Waals surface area contributed by atoms with Crippen LogP contribution >= 0.6 is 0 Å². The van der Waals surface area contributed by atoms with E-state index in [-0.39, 0.29) is 11.9 Å². The van der Waals surface area contributed by atoms with Gasteiger partial charge in [0.15, 0.2) is 0 Å². The lowest BCUT2D eigenvalue weighted by Crippen LogP contribution is -2.34. The molecule has 1 fully saturated rings. The van der Waals surface area contributed by atoms with Crippen LogP contribution in [0, 0.1) is 0 Å². The Hall–Kier alpha value is -2.96. The van der Waals surface area contributed by atoms with Gasteiger partial charge in [0, 0.05) is 24.8 Å². The smallest absolute Gasteiger partial charge is 0.254 e. The third-order valence-electron chi connectivity index (χ3n) is 5.17. The minimum absolute atomic E-state index is 0.162. The number of likely N-dealkylation sites (tertiary alicyclic amines) is 1. The summed E-state index contributed by atoms with van der Waals surface area (Å²) in [6, 6.07) is 12.2. The average Bonchev–Trinajstić information content (AvgIpc) is 3.31.